The predicted octanol–water partition coefficient (Wildman–Crippen LogP) is 4.15. The lowest BCUT2D eigenvalue weighted by Crippen LogP contribution is -2.30. The van der Waals surface area contributed by atoms with Gasteiger partial charge >= 0.3 is 0 Å². The molecule has 0 radical (unpaired) electrons. The Kier molecular flexibility index (Phi) is 6.81. The second kappa shape index (κ2) is 9.06. The normalized spacial score (nSPS) is 10.4. The van der Waals surface area contributed by atoms with Crippen LogP contribution in [-0.2, 0) is 0 Å². The number of benzene rings is 1. The van der Waals surface area contributed by atoms with Crippen molar-refractivity contribution in [1.29, 1.82) is 0 Å². The fraction of sp³-hybridized carbons (Fsp3) is 0.400. The SMILES string of the molecule is CCN(CC)C(=O)c1cncc(Nc2ccc(N(CC)CC)cc2)c1. The Morgan fingerprint density at radius 2 is 1.56 bits per heavy atom. The van der Waals surface area contributed by atoms with E-state index in [-0.39, 0.29) is 5.91 Å². The number of hydrogen-bond donors (Lipinski definition) is 1. The number of hydrogen-bond acceptors (Lipinski definition) is 4. The van der Waals surface area contributed by atoms with Gasteiger partial charge in [-0.15, -0.1) is 0 Å². The summed E-state index contributed by atoms with van der Waals surface area (Å²) in [5.74, 6) is 0.0121. The molecule has 5 heteroatoms. The molecule has 1 aromatic carbocycles. The van der Waals surface area contributed by atoms with Gasteiger partial charge in [-0.2, -0.15) is 0 Å². The quantitative estimate of drug-likeness (QED) is 0.784. The zero-order valence-corrected chi connectivity index (χ0v) is 15.6. The van der Waals surface area contributed by atoms with Gasteiger partial charge in [-0.25, -0.2) is 0 Å². The first-order valence-corrected chi connectivity index (χ1v) is 8.99. The Bertz CT molecular complexity index is 676. The van der Waals surface area contributed by atoms with Gasteiger partial charge in [-0.1, -0.05) is 0 Å². The maximum Gasteiger partial charge on any atom is 0.255 e. The molecule has 0 aliphatic heterocycles. The summed E-state index contributed by atoms with van der Waals surface area (Å²) in [6.07, 6.45) is 3.35. The maximum absolute atomic E-state index is 12.4. The van der Waals surface area contributed by atoms with Crippen LogP contribution in [0.15, 0.2) is 42.7 Å². The molecule has 1 amide bonds. The van der Waals surface area contributed by atoms with Crippen LogP contribution in [0.25, 0.3) is 0 Å². The van der Waals surface area contributed by atoms with E-state index in [1.54, 1.807) is 17.3 Å². The number of aromatic nitrogens is 1. The molecule has 0 fully saturated rings. The fourth-order valence-electron chi connectivity index (χ4n) is 2.83. The van der Waals surface area contributed by atoms with Gasteiger partial charge in [0.15, 0.2) is 0 Å². The molecule has 0 aliphatic rings. The zero-order valence-electron chi connectivity index (χ0n) is 15.6. The van der Waals surface area contributed by atoms with Crippen molar-refractivity contribution in [3.8, 4) is 0 Å². The van der Waals surface area contributed by atoms with Crippen LogP contribution < -0.4 is 10.2 Å². The van der Waals surface area contributed by atoms with Crippen LogP contribution >= 0.6 is 0 Å². The minimum Gasteiger partial charge on any atom is -0.372 e. The maximum atomic E-state index is 12.4. The minimum atomic E-state index is 0.0121. The van der Waals surface area contributed by atoms with Crippen molar-refractivity contribution in [2.75, 3.05) is 36.4 Å². The highest BCUT2D eigenvalue weighted by Crippen LogP contribution is 2.21. The van der Waals surface area contributed by atoms with Crippen molar-refractivity contribution in [2.24, 2.45) is 0 Å². The first-order valence-electron chi connectivity index (χ1n) is 8.99. The van der Waals surface area contributed by atoms with E-state index < -0.39 is 0 Å². The smallest absolute Gasteiger partial charge is 0.255 e. The number of anilines is 3. The van der Waals surface area contributed by atoms with Gasteiger partial charge in [0.1, 0.15) is 0 Å². The fourth-order valence-corrected chi connectivity index (χ4v) is 2.83. The number of rotatable bonds is 8. The third-order valence-corrected chi connectivity index (χ3v) is 4.32. The third-order valence-electron chi connectivity index (χ3n) is 4.32. The van der Waals surface area contributed by atoms with E-state index in [2.05, 4.69) is 41.2 Å². The van der Waals surface area contributed by atoms with Gasteiger partial charge < -0.3 is 15.1 Å². The molecule has 5 nitrogen and oxygen atoms in total. The molecule has 0 unspecified atom stereocenters. The van der Waals surface area contributed by atoms with E-state index in [1.807, 2.05) is 32.0 Å². The summed E-state index contributed by atoms with van der Waals surface area (Å²) in [6.45, 7) is 11.6. The summed E-state index contributed by atoms with van der Waals surface area (Å²) in [4.78, 5) is 20.7. The van der Waals surface area contributed by atoms with Gasteiger partial charge in [-0.3, -0.25) is 9.78 Å². The number of nitrogens with zero attached hydrogens (tertiary/aromatic N) is 3. The largest absolute Gasteiger partial charge is 0.372 e. The van der Waals surface area contributed by atoms with Crippen molar-refractivity contribution >= 4 is 23.0 Å². The van der Waals surface area contributed by atoms with E-state index in [0.717, 1.165) is 24.5 Å². The van der Waals surface area contributed by atoms with E-state index in [4.69, 9.17) is 0 Å². The Morgan fingerprint density at radius 3 is 2.12 bits per heavy atom. The molecule has 2 aromatic rings. The monoisotopic (exact) mass is 340 g/mol. The van der Waals surface area contributed by atoms with Gasteiger partial charge in [0.25, 0.3) is 5.91 Å². The summed E-state index contributed by atoms with van der Waals surface area (Å²) >= 11 is 0. The van der Waals surface area contributed by atoms with Crippen LogP contribution in [0.2, 0.25) is 0 Å². The number of pyridine rings is 1. The second-order valence-corrected chi connectivity index (χ2v) is 5.78. The van der Waals surface area contributed by atoms with Gasteiger partial charge in [0.05, 0.1) is 17.4 Å². The molecule has 2 rings (SSSR count). The second-order valence-electron chi connectivity index (χ2n) is 5.78. The molecule has 0 saturated carbocycles. The molecule has 1 heterocycles. The Balaban J connectivity index is 2.13. The average molecular weight is 340 g/mol. The molecular formula is C20H28N4O. The van der Waals surface area contributed by atoms with Crippen LogP contribution in [0.3, 0.4) is 0 Å². The van der Waals surface area contributed by atoms with Crippen molar-refractivity contribution in [2.45, 2.75) is 27.7 Å². The average Bonchev–Trinajstić information content (AvgIpc) is 2.65. The highest BCUT2D eigenvalue weighted by atomic mass is 16.2. The van der Waals surface area contributed by atoms with E-state index in [1.165, 1.54) is 5.69 Å². The zero-order chi connectivity index (χ0) is 18.2. The van der Waals surface area contributed by atoms with Crippen LogP contribution in [0.5, 0.6) is 0 Å². The number of amides is 1. The topological polar surface area (TPSA) is 48.5 Å². The highest BCUT2D eigenvalue weighted by molar-refractivity contribution is 5.94. The number of carbonyl (C=O) groups excluding carboxylic acids is 1. The van der Waals surface area contributed by atoms with E-state index in [0.29, 0.717) is 18.7 Å². The minimum absolute atomic E-state index is 0.0121. The molecular weight excluding hydrogens is 312 g/mol. The van der Waals surface area contributed by atoms with E-state index in [9.17, 15) is 4.79 Å². The lowest BCUT2D eigenvalue weighted by atomic mass is 10.2. The molecule has 1 aromatic heterocycles. The van der Waals surface area contributed by atoms with Crippen molar-refractivity contribution < 1.29 is 4.79 Å². The van der Waals surface area contributed by atoms with E-state index >= 15 is 0 Å². The van der Waals surface area contributed by atoms with Crippen molar-refractivity contribution in [3.05, 3.63) is 48.3 Å². The standard InChI is InChI=1S/C20H28N4O/c1-5-23(6-2)19-11-9-17(10-12-19)22-18-13-16(14-21-15-18)20(25)24(7-3)8-4/h9-15,22H,5-8H2,1-4H3. The highest BCUT2D eigenvalue weighted by Gasteiger charge is 2.13. The molecule has 0 atom stereocenters. The predicted molar refractivity (Wildman–Crippen MR) is 105 cm³/mol. The van der Waals surface area contributed by atoms with Crippen molar-refractivity contribution in [3.63, 3.8) is 0 Å². The summed E-state index contributed by atoms with van der Waals surface area (Å²) in [6, 6.07) is 10.2. The Morgan fingerprint density at radius 1 is 0.920 bits per heavy atom. The Labute approximate surface area is 150 Å². The Hall–Kier alpha value is -2.56. The summed E-state index contributed by atoms with van der Waals surface area (Å²) in [7, 11) is 0. The molecule has 0 bridgehead atoms. The molecule has 1 N–H and O–H groups in total. The molecule has 0 spiro atoms. The van der Waals surface area contributed by atoms with Crippen LogP contribution in [-0.4, -0.2) is 42.0 Å². The molecule has 25 heavy (non-hydrogen) atoms. The molecule has 0 aliphatic carbocycles. The molecule has 0 saturated heterocycles. The lowest BCUT2D eigenvalue weighted by Gasteiger charge is -2.21. The van der Waals surface area contributed by atoms with Crippen molar-refractivity contribution in [1.82, 2.24) is 9.88 Å². The van der Waals surface area contributed by atoms with Crippen LogP contribution in [0.4, 0.5) is 17.1 Å². The molecule has 134 valence electrons. The lowest BCUT2D eigenvalue weighted by molar-refractivity contribution is 0.0772. The van der Waals surface area contributed by atoms with Gasteiger partial charge in [-0.05, 0) is 58.0 Å². The van der Waals surface area contributed by atoms with Crippen LogP contribution in [0, 0.1) is 0 Å². The summed E-state index contributed by atoms with van der Waals surface area (Å²) in [5, 5.41) is 3.32. The third kappa shape index (κ3) is 4.72. The first-order chi connectivity index (χ1) is 12.1. The summed E-state index contributed by atoms with van der Waals surface area (Å²) < 4.78 is 0. The van der Waals surface area contributed by atoms with Gasteiger partial charge in [0, 0.05) is 43.8 Å². The number of nitrogens with one attached hydrogen (secondary N) is 1. The van der Waals surface area contributed by atoms with Gasteiger partial charge in [0.2, 0.25) is 0 Å². The number of carbonyl (C=O) groups is 1. The summed E-state index contributed by atoms with van der Waals surface area (Å²) in [5.41, 5.74) is 3.60. The first kappa shape index (κ1) is 18.8. The van der Waals surface area contributed by atoms with Crippen LogP contribution in [0.1, 0.15) is 38.1 Å².